The van der Waals surface area contributed by atoms with E-state index in [-0.39, 0.29) is 30.7 Å². The predicted octanol–water partition coefficient (Wildman–Crippen LogP) is 5.06. The highest BCUT2D eigenvalue weighted by Gasteiger charge is 2.23. The van der Waals surface area contributed by atoms with Crippen molar-refractivity contribution in [3.8, 4) is 5.75 Å². The van der Waals surface area contributed by atoms with Crippen molar-refractivity contribution in [2.45, 2.75) is 20.0 Å². The summed E-state index contributed by atoms with van der Waals surface area (Å²) in [5.74, 6) is -0.245. The van der Waals surface area contributed by atoms with E-state index in [1.54, 1.807) is 58.7 Å². The molecule has 0 aliphatic rings. The van der Waals surface area contributed by atoms with Gasteiger partial charge in [-0.1, -0.05) is 24.3 Å². The molecule has 0 bridgehead atoms. The molecule has 0 fully saturated rings. The summed E-state index contributed by atoms with van der Waals surface area (Å²) in [6.45, 7) is 6.58. The number of ether oxygens (including phenoxy) is 1. The van der Waals surface area contributed by atoms with Crippen LogP contribution >= 0.6 is 11.3 Å². The van der Waals surface area contributed by atoms with E-state index >= 15 is 0 Å². The molecule has 0 N–H and O–H groups in total. The van der Waals surface area contributed by atoms with Crippen molar-refractivity contribution < 1.29 is 18.7 Å². The van der Waals surface area contributed by atoms with Crippen molar-refractivity contribution >= 4 is 23.2 Å². The minimum absolute atomic E-state index is 0.103. The number of nitrogens with zero attached hydrogens (tertiary/aromatic N) is 2. The monoisotopic (exact) mass is 466 g/mol. The van der Waals surface area contributed by atoms with Crippen LogP contribution in [-0.2, 0) is 17.9 Å². The molecule has 0 unspecified atom stereocenters. The number of hydrogen-bond acceptors (Lipinski definition) is 4. The minimum Gasteiger partial charge on any atom is -0.497 e. The first-order valence-corrected chi connectivity index (χ1v) is 11.4. The number of methoxy groups -OCH3 is 1. The van der Waals surface area contributed by atoms with E-state index in [0.29, 0.717) is 24.4 Å². The summed E-state index contributed by atoms with van der Waals surface area (Å²) >= 11 is 1.58. The number of amides is 2. The Hall–Kier alpha value is -3.45. The molecule has 0 radical (unpaired) electrons. The Morgan fingerprint density at radius 2 is 1.85 bits per heavy atom. The van der Waals surface area contributed by atoms with Gasteiger partial charge in [-0.05, 0) is 59.8 Å². The van der Waals surface area contributed by atoms with E-state index < -0.39 is 0 Å². The van der Waals surface area contributed by atoms with E-state index in [1.807, 2.05) is 18.4 Å². The number of carbonyl (C=O) groups is 2. The maximum atomic E-state index is 13.4. The van der Waals surface area contributed by atoms with E-state index in [2.05, 4.69) is 6.58 Å². The fourth-order valence-corrected chi connectivity index (χ4v) is 4.28. The normalized spacial score (nSPS) is 10.5. The van der Waals surface area contributed by atoms with Crippen LogP contribution in [0.3, 0.4) is 0 Å². The maximum Gasteiger partial charge on any atom is 0.254 e. The molecule has 0 atom stereocenters. The molecule has 33 heavy (non-hydrogen) atoms. The van der Waals surface area contributed by atoms with Gasteiger partial charge in [-0.3, -0.25) is 9.59 Å². The largest absolute Gasteiger partial charge is 0.497 e. The van der Waals surface area contributed by atoms with Crippen LogP contribution in [-0.4, -0.2) is 41.8 Å². The quantitative estimate of drug-likeness (QED) is 0.393. The third-order valence-corrected chi connectivity index (χ3v) is 6.23. The summed E-state index contributed by atoms with van der Waals surface area (Å²) in [6, 6.07) is 14.9. The van der Waals surface area contributed by atoms with E-state index in [4.69, 9.17) is 4.74 Å². The Bertz CT molecular complexity index is 1110. The van der Waals surface area contributed by atoms with Crippen LogP contribution in [0.25, 0.3) is 0 Å². The van der Waals surface area contributed by atoms with E-state index in [0.717, 1.165) is 16.0 Å². The number of halogens is 1. The van der Waals surface area contributed by atoms with Crippen molar-refractivity contribution in [2.75, 3.05) is 20.2 Å². The van der Waals surface area contributed by atoms with Crippen molar-refractivity contribution in [3.05, 3.63) is 100 Å². The topological polar surface area (TPSA) is 49.9 Å². The van der Waals surface area contributed by atoms with Gasteiger partial charge < -0.3 is 14.5 Å². The minimum atomic E-state index is -0.327. The molecule has 0 aliphatic heterocycles. The summed E-state index contributed by atoms with van der Waals surface area (Å²) < 4.78 is 18.6. The molecular weight excluding hydrogens is 439 g/mol. The van der Waals surface area contributed by atoms with Crippen LogP contribution in [0.5, 0.6) is 5.75 Å². The number of thiophene rings is 1. The molecule has 7 heteroatoms. The van der Waals surface area contributed by atoms with Gasteiger partial charge in [0.05, 0.1) is 13.7 Å². The lowest BCUT2D eigenvalue weighted by Crippen LogP contribution is -2.42. The maximum absolute atomic E-state index is 13.4. The molecule has 0 aliphatic carbocycles. The van der Waals surface area contributed by atoms with Crippen LogP contribution in [0.15, 0.2) is 72.6 Å². The molecule has 3 rings (SSSR count). The average molecular weight is 467 g/mol. The number of benzene rings is 2. The van der Waals surface area contributed by atoms with Gasteiger partial charge in [-0.25, -0.2) is 4.39 Å². The average Bonchev–Trinajstić information content (AvgIpc) is 3.23. The first-order chi connectivity index (χ1) is 15.9. The molecule has 1 heterocycles. The molecule has 0 saturated heterocycles. The highest BCUT2D eigenvalue weighted by atomic mass is 32.1. The number of rotatable bonds is 10. The van der Waals surface area contributed by atoms with Crippen LogP contribution in [0.4, 0.5) is 4.39 Å². The molecule has 2 aromatic carbocycles. The zero-order valence-corrected chi connectivity index (χ0v) is 19.6. The third-order valence-electron chi connectivity index (χ3n) is 5.22. The third kappa shape index (κ3) is 6.52. The van der Waals surface area contributed by atoms with Crippen LogP contribution in [0.2, 0.25) is 0 Å². The van der Waals surface area contributed by atoms with Crippen LogP contribution in [0, 0.1) is 12.7 Å². The molecule has 0 spiro atoms. The van der Waals surface area contributed by atoms with Gasteiger partial charge in [0, 0.05) is 23.5 Å². The molecule has 1 aromatic heterocycles. The van der Waals surface area contributed by atoms with Crippen LogP contribution < -0.4 is 4.74 Å². The van der Waals surface area contributed by atoms with Crippen molar-refractivity contribution in [1.82, 2.24) is 9.80 Å². The van der Waals surface area contributed by atoms with E-state index in [1.165, 1.54) is 24.1 Å². The highest BCUT2D eigenvalue weighted by Crippen LogP contribution is 2.20. The summed E-state index contributed by atoms with van der Waals surface area (Å²) in [4.78, 5) is 30.8. The number of aryl methyl sites for hydroxylation is 1. The zero-order valence-electron chi connectivity index (χ0n) is 18.8. The highest BCUT2D eigenvalue weighted by molar-refractivity contribution is 7.10. The lowest BCUT2D eigenvalue weighted by atomic mass is 10.1. The molecular formula is C26H27FN2O3S. The molecule has 0 saturated carbocycles. The van der Waals surface area contributed by atoms with Crippen molar-refractivity contribution in [2.24, 2.45) is 0 Å². The molecule has 172 valence electrons. The Labute approximate surface area is 197 Å². The van der Waals surface area contributed by atoms with Crippen molar-refractivity contribution in [1.29, 1.82) is 0 Å². The lowest BCUT2D eigenvalue weighted by molar-refractivity contribution is -0.133. The predicted molar refractivity (Wildman–Crippen MR) is 129 cm³/mol. The van der Waals surface area contributed by atoms with Gasteiger partial charge >= 0.3 is 0 Å². The van der Waals surface area contributed by atoms with Gasteiger partial charge in [-0.2, -0.15) is 0 Å². The first kappa shape index (κ1) is 24.2. The van der Waals surface area contributed by atoms with Gasteiger partial charge in [0.25, 0.3) is 5.91 Å². The zero-order chi connectivity index (χ0) is 23.8. The number of carbonyl (C=O) groups excluding carboxylic acids is 2. The van der Waals surface area contributed by atoms with Gasteiger partial charge in [0.1, 0.15) is 18.1 Å². The molecule has 2 amide bonds. The Morgan fingerprint density at radius 3 is 2.48 bits per heavy atom. The summed E-state index contributed by atoms with van der Waals surface area (Å²) in [7, 11) is 1.54. The van der Waals surface area contributed by atoms with Gasteiger partial charge in [-0.15, -0.1) is 17.9 Å². The smallest absolute Gasteiger partial charge is 0.254 e. The molecule has 3 aromatic rings. The van der Waals surface area contributed by atoms with E-state index in [9.17, 15) is 14.0 Å². The Morgan fingerprint density at radius 1 is 1.09 bits per heavy atom. The SMILES string of the molecule is C=CCN(CC(=O)N(Cc1ccc(F)cc1)Cc1sccc1C)C(=O)c1cccc(OC)c1. The second-order valence-corrected chi connectivity index (χ2v) is 8.61. The fourth-order valence-electron chi connectivity index (χ4n) is 3.36. The summed E-state index contributed by atoms with van der Waals surface area (Å²) in [6.07, 6.45) is 1.60. The number of hydrogen-bond donors (Lipinski definition) is 0. The van der Waals surface area contributed by atoms with Gasteiger partial charge in [0.2, 0.25) is 5.91 Å². The lowest BCUT2D eigenvalue weighted by Gasteiger charge is -2.27. The Kier molecular flexibility index (Phi) is 8.38. The summed E-state index contributed by atoms with van der Waals surface area (Å²) in [5, 5.41) is 1.99. The van der Waals surface area contributed by atoms with Gasteiger partial charge in [0.15, 0.2) is 0 Å². The van der Waals surface area contributed by atoms with Crippen LogP contribution in [0.1, 0.15) is 26.4 Å². The standard InChI is InChI=1S/C26H27FN2O3S/c1-4-13-28(26(31)21-6-5-7-23(15-21)32-3)18-25(30)29(17-24-19(2)12-14-33-24)16-20-8-10-22(27)11-9-20/h4-12,14-15H,1,13,16-18H2,2-3H3. The molecule has 5 nitrogen and oxygen atoms in total. The Balaban J connectivity index is 1.82. The fraction of sp³-hybridized carbons (Fsp3) is 0.231. The second kappa shape index (κ2) is 11.4. The first-order valence-electron chi connectivity index (χ1n) is 10.5. The second-order valence-electron chi connectivity index (χ2n) is 7.61. The summed E-state index contributed by atoms with van der Waals surface area (Å²) in [5.41, 5.74) is 2.35. The van der Waals surface area contributed by atoms with Crippen molar-refractivity contribution in [3.63, 3.8) is 0 Å².